The molecule has 0 unspecified atom stereocenters. The summed E-state index contributed by atoms with van der Waals surface area (Å²) in [4.78, 5) is 18.5. The zero-order valence-electron chi connectivity index (χ0n) is 11.1. The maximum absolute atomic E-state index is 12.1. The Morgan fingerprint density at radius 1 is 1.47 bits per heavy atom. The number of carbonyl (C=O) groups excluding carboxylic acids is 1. The van der Waals surface area contributed by atoms with Crippen LogP contribution in [0.1, 0.15) is 20.8 Å². The maximum atomic E-state index is 12.1. The van der Waals surface area contributed by atoms with E-state index in [2.05, 4.69) is 15.7 Å². The molecule has 0 aliphatic heterocycles. The third-order valence-corrected chi connectivity index (χ3v) is 4.78. The SMILES string of the molecule is Cc1cscc1CNC(=O)c1sc(N(C)C)nc1N. The minimum absolute atomic E-state index is 0.172. The van der Waals surface area contributed by atoms with Gasteiger partial charge in [-0.25, -0.2) is 4.98 Å². The quantitative estimate of drug-likeness (QED) is 0.906. The molecule has 0 aromatic carbocycles. The molecule has 102 valence electrons. The first-order valence-corrected chi connectivity index (χ1v) is 7.48. The summed E-state index contributed by atoms with van der Waals surface area (Å²) >= 11 is 2.93. The Labute approximate surface area is 120 Å². The minimum Gasteiger partial charge on any atom is -0.382 e. The summed E-state index contributed by atoms with van der Waals surface area (Å²) in [6, 6.07) is 0. The molecule has 0 bridgehead atoms. The van der Waals surface area contributed by atoms with E-state index in [1.54, 1.807) is 11.3 Å². The normalized spacial score (nSPS) is 10.5. The van der Waals surface area contributed by atoms with Crippen molar-refractivity contribution in [3.63, 3.8) is 0 Å². The predicted molar refractivity (Wildman–Crippen MR) is 81.1 cm³/mol. The van der Waals surface area contributed by atoms with Crippen molar-refractivity contribution in [2.45, 2.75) is 13.5 Å². The first kappa shape index (κ1) is 13.8. The lowest BCUT2D eigenvalue weighted by molar-refractivity contribution is 0.0955. The highest BCUT2D eigenvalue weighted by Crippen LogP contribution is 2.26. The zero-order valence-corrected chi connectivity index (χ0v) is 12.7. The fraction of sp³-hybridized carbons (Fsp3) is 0.333. The summed E-state index contributed by atoms with van der Waals surface area (Å²) in [7, 11) is 3.74. The van der Waals surface area contributed by atoms with E-state index in [1.807, 2.05) is 31.3 Å². The average Bonchev–Trinajstić information content (AvgIpc) is 2.93. The van der Waals surface area contributed by atoms with E-state index in [-0.39, 0.29) is 11.7 Å². The van der Waals surface area contributed by atoms with Gasteiger partial charge in [0.05, 0.1) is 0 Å². The van der Waals surface area contributed by atoms with Crippen molar-refractivity contribution in [2.24, 2.45) is 0 Å². The smallest absolute Gasteiger partial charge is 0.265 e. The Morgan fingerprint density at radius 2 is 2.21 bits per heavy atom. The first-order valence-electron chi connectivity index (χ1n) is 5.72. The second-order valence-corrected chi connectivity index (χ2v) is 6.09. The number of rotatable bonds is 4. The summed E-state index contributed by atoms with van der Waals surface area (Å²) in [5.41, 5.74) is 8.10. The van der Waals surface area contributed by atoms with Gasteiger partial charge in [0.1, 0.15) is 10.7 Å². The second kappa shape index (κ2) is 5.58. The molecule has 5 nitrogen and oxygen atoms in total. The van der Waals surface area contributed by atoms with Crippen LogP contribution in [-0.4, -0.2) is 25.0 Å². The largest absolute Gasteiger partial charge is 0.382 e. The first-order chi connectivity index (χ1) is 8.99. The fourth-order valence-electron chi connectivity index (χ4n) is 1.50. The van der Waals surface area contributed by atoms with E-state index in [4.69, 9.17) is 5.73 Å². The van der Waals surface area contributed by atoms with Crippen LogP contribution in [0.4, 0.5) is 10.9 Å². The number of thiophene rings is 1. The fourth-order valence-corrected chi connectivity index (χ4v) is 3.18. The van der Waals surface area contributed by atoms with Gasteiger partial charge in [0.15, 0.2) is 5.13 Å². The van der Waals surface area contributed by atoms with Crippen molar-refractivity contribution in [2.75, 3.05) is 24.7 Å². The van der Waals surface area contributed by atoms with Gasteiger partial charge in [-0.2, -0.15) is 11.3 Å². The topological polar surface area (TPSA) is 71.2 Å². The van der Waals surface area contributed by atoms with Crippen LogP contribution in [0.3, 0.4) is 0 Å². The van der Waals surface area contributed by atoms with Crippen LogP contribution in [0.2, 0.25) is 0 Å². The number of carbonyl (C=O) groups is 1. The van der Waals surface area contributed by atoms with Crippen LogP contribution >= 0.6 is 22.7 Å². The van der Waals surface area contributed by atoms with Gasteiger partial charge in [0, 0.05) is 20.6 Å². The van der Waals surface area contributed by atoms with Crippen LogP contribution in [0, 0.1) is 6.92 Å². The molecule has 0 saturated heterocycles. The highest BCUT2D eigenvalue weighted by Gasteiger charge is 2.17. The van der Waals surface area contributed by atoms with E-state index in [0.29, 0.717) is 11.4 Å². The Morgan fingerprint density at radius 3 is 2.74 bits per heavy atom. The van der Waals surface area contributed by atoms with E-state index in [9.17, 15) is 4.79 Å². The molecule has 2 aromatic rings. The number of nitrogen functional groups attached to an aromatic ring is 1. The third-order valence-electron chi connectivity index (χ3n) is 2.63. The van der Waals surface area contributed by atoms with Crippen LogP contribution < -0.4 is 16.0 Å². The number of thiazole rings is 1. The molecule has 3 N–H and O–H groups in total. The molecule has 0 radical (unpaired) electrons. The number of nitrogens with zero attached hydrogens (tertiary/aromatic N) is 2. The van der Waals surface area contributed by atoms with Gasteiger partial charge in [0.2, 0.25) is 0 Å². The van der Waals surface area contributed by atoms with Crippen molar-refractivity contribution in [1.29, 1.82) is 0 Å². The molecule has 2 rings (SSSR count). The van der Waals surface area contributed by atoms with Gasteiger partial charge in [-0.15, -0.1) is 0 Å². The van der Waals surface area contributed by atoms with Gasteiger partial charge >= 0.3 is 0 Å². The number of hydrogen-bond donors (Lipinski definition) is 2. The molecule has 1 amide bonds. The number of amides is 1. The minimum atomic E-state index is -0.172. The van der Waals surface area contributed by atoms with E-state index >= 15 is 0 Å². The molecule has 2 aromatic heterocycles. The number of nitrogens with two attached hydrogens (primary N) is 1. The number of aryl methyl sites for hydroxylation is 1. The van der Waals surface area contributed by atoms with E-state index in [1.165, 1.54) is 16.9 Å². The molecular formula is C12H16N4OS2. The highest BCUT2D eigenvalue weighted by atomic mass is 32.1. The molecule has 19 heavy (non-hydrogen) atoms. The number of anilines is 2. The molecule has 0 fully saturated rings. The molecule has 0 atom stereocenters. The van der Waals surface area contributed by atoms with Crippen molar-refractivity contribution in [3.05, 3.63) is 26.8 Å². The summed E-state index contributed by atoms with van der Waals surface area (Å²) < 4.78 is 0. The number of nitrogens with one attached hydrogen (secondary N) is 1. The molecule has 0 aliphatic rings. The Hall–Kier alpha value is -1.60. The molecule has 7 heteroatoms. The molecular weight excluding hydrogens is 280 g/mol. The maximum Gasteiger partial charge on any atom is 0.265 e. The summed E-state index contributed by atoms with van der Waals surface area (Å²) in [5.74, 6) is 0.113. The van der Waals surface area contributed by atoms with Gasteiger partial charge < -0.3 is 16.0 Å². The standard InChI is InChI=1S/C12H16N4OS2/c1-7-5-18-6-8(7)4-14-11(17)9-10(13)15-12(19-9)16(2)3/h5-6H,4,13H2,1-3H3,(H,14,17). The molecule has 0 spiro atoms. The number of hydrogen-bond acceptors (Lipinski definition) is 6. The van der Waals surface area contributed by atoms with Crippen LogP contribution in [0.5, 0.6) is 0 Å². The van der Waals surface area contributed by atoms with Gasteiger partial charge in [-0.3, -0.25) is 4.79 Å². The van der Waals surface area contributed by atoms with Crippen molar-refractivity contribution in [3.8, 4) is 0 Å². The van der Waals surface area contributed by atoms with Gasteiger partial charge in [0.25, 0.3) is 5.91 Å². The predicted octanol–water partition coefficient (Wildman–Crippen LogP) is 2.09. The van der Waals surface area contributed by atoms with Gasteiger partial charge in [-0.1, -0.05) is 11.3 Å². The summed E-state index contributed by atoms with van der Waals surface area (Å²) in [6.07, 6.45) is 0. The average molecular weight is 296 g/mol. The highest BCUT2D eigenvalue weighted by molar-refractivity contribution is 7.18. The van der Waals surface area contributed by atoms with Crippen LogP contribution in [-0.2, 0) is 6.54 Å². The van der Waals surface area contributed by atoms with Crippen LogP contribution in [0.25, 0.3) is 0 Å². The lowest BCUT2D eigenvalue weighted by atomic mass is 10.2. The van der Waals surface area contributed by atoms with E-state index < -0.39 is 0 Å². The Kier molecular flexibility index (Phi) is 4.06. The Bertz CT molecular complexity index is 588. The lowest BCUT2D eigenvalue weighted by Gasteiger charge is -2.05. The van der Waals surface area contributed by atoms with Crippen molar-refractivity contribution >= 4 is 39.5 Å². The van der Waals surface area contributed by atoms with E-state index in [0.717, 1.165) is 10.7 Å². The zero-order chi connectivity index (χ0) is 14.0. The second-order valence-electron chi connectivity index (χ2n) is 4.37. The van der Waals surface area contributed by atoms with Gasteiger partial charge in [-0.05, 0) is 28.8 Å². The molecule has 0 saturated carbocycles. The van der Waals surface area contributed by atoms with Crippen LogP contribution in [0.15, 0.2) is 10.8 Å². The van der Waals surface area contributed by atoms with Crippen molar-refractivity contribution in [1.82, 2.24) is 10.3 Å². The molecule has 2 heterocycles. The third kappa shape index (κ3) is 3.05. The summed E-state index contributed by atoms with van der Waals surface area (Å²) in [5, 5.41) is 7.71. The van der Waals surface area contributed by atoms with Crippen molar-refractivity contribution < 1.29 is 4.79 Å². The monoisotopic (exact) mass is 296 g/mol. The molecule has 0 aliphatic carbocycles. The number of aromatic nitrogens is 1. The Balaban J connectivity index is 2.06. The lowest BCUT2D eigenvalue weighted by Crippen LogP contribution is -2.22. The summed E-state index contributed by atoms with van der Waals surface area (Å²) in [6.45, 7) is 2.55.